The van der Waals surface area contributed by atoms with Crippen LogP contribution in [-0.2, 0) is 6.42 Å². The lowest BCUT2D eigenvalue weighted by molar-refractivity contribution is 0.201. The smallest absolute Gasteiger partial charge is 0.0471 e. The Morgan fingerprint density at radius 2 is 1.94 bits per heavy atom. The number of benzene rings is 1. The van der Waals surface area contributed by atoms with Crippen molar-refractivity contribution in [3.8, 4) is 0 Å². The summed E-state index contributed by atoms with van der Waals surface area (Å²) in [4.78, 5) is 0. The van der Waals surface area contributed by atoms with Gasteiger partial charge in [-0.05, 0) is 30.4 Å². The van der Waals surface area contributed by atoms with Gasteiger partial charge in [-0.1, -0.05) is 38.1 Å². The number of nitrogens with one attached hydrogen (secondary N) is 1. The zero-order valence-electron chi connectivity index (χ0n) is 11.7. The van der Waals surface area contributed by atoms with Crippen LogP contribution in [-0.4, -0.2) is 24.3 Å². The number of nitrogens with two attached hydrogens (primary N) is 1. The Morgan fingerprint density at radius 3 is 2.50 bits per heavy atom. The fraction of sp³-hybridized carbons (Fsp3) is 0.600. The number of aliphatic hydroxyl groups excluding tert-OH is 1. The molecule has 0 radical (unpaired) electrons. The molecule has 0 spiro atoms. The van der Waals surface area contributed by atoms with Crippen LogP contribution in [0, 0.1) is 5.92 Å². The van der Waals surface area contributed by atoms with Crippen LogP contribution in [0.1, 0.15) is 37.9 Å². The molecule has 0 aliphatic heterocycles. The van der Waals surface area contributed by atoms with Crippen LogP contribution in [0.5, 0.6) is 0 Å². The van der Waals surface area contributed by atoms with Crippen molar-refractivity contribution >= 4 is 0 Å². The maximum absolute atomic E-state index is 9.19. The van der Waals surface area contributed by atoms with Gasteiger partial charge < -0.3 is 16.2 Å². The van der Waals surface area contributed by atoms with Crippen LogP contribution in [0.15, 0.2) is 24.3 Å². The molecule has 1 aromatic carbocycles. The topological polar surface area (TPSA) is 58.3 Å². The summed E-state index contributed by atoms with van der Waals surface area (Å²) in [5.74, 6) is 0.229. The SMILES string of the molecule is CCc1ccccc1C(CN)NC(C)C(C)CO. The maximum Gasteiger partial charge on any atom is 0.0471 e. The van der Waals surface area contributed by atoms with E-state index in [-0.39, 0.29) is 24.6 Å². The van der Waals surface area contributed by atoms with Crippen molar-refractivity contribution in [1.82, 2.24) is 5.32 Å². The first-order valence-corrected chi connectivity index (χ1v) is 6.78. The van der Waals surface area contributed by atoms with Gasteiger partial charge in [0.15, 0.2) is 0 Å². The molecule has 3 unspecified atom stereocenters. The van der Waals surface area contributed by atoms with Gasteiger partial charge in [-0.25, -0.2) is 0 Å². The van der Waals surface area contributed by atoms with Crippen LogP contribution in [0.25, 0.3) is 0 Å². The Balaban J connectivity index is 2.82. The van der Waals surface area contributed by atoms with E-state index in [9.17, 15) is 5.11 Å². The van der Waals surface area contributed by atoms with E-state index < -0.39 is 0 Å². The lowest BCUT2D eigenvalue weighted by atomic mass is 9.96. The molecule has 0 heterocycles. The standard InChI is InChI=1S/C15H26N2O/c1-4-13-7-5-6-8-14(13)15(9-16)17-12(3)11(2)10-18/h5-8,11-12,15,17-18H,4,9-10,16H2,1-3H3. The molecule has 3 nitrogen and oxygen atoms in total. The van der Waals surface area contributed by atoms with Crippen molar-refractivity contribution in [3.05, 3.63) is 35.4 Å². The summed E-state index contributed by atoms with van der Waals surface area (Å²) < 4.78 is 0. The molecule has 0 aromatic heterocycles. The number of hydrogen-bond donors (Lipinski definition) is 3. The van der Waals surface area contributed by atoms with Crippen molar-refractivity contribution in [3.63, 3.8) is 0 Å². The van der Waals surface area contributed by atoms with E-state index in [4.69, 9.17) is 5.73 Å². The summed E-state index contributed by atoms with van der Waals surface area (Å²) >= 11 is 0. The highest BCUT2D eigenvalue weighted by molar-refractivity contribution is 5.30. The van der Waals surface area contributed by atoms with Gasteiger partial charge in [-0.3, -0.25) is 0 Å². The molecule has 0 aliphatic carbocycles. The van der Waals surface area contributed by atoms with Crippen molar-refractivity contribution in [2.75, 3.05) is 13.2 Å². The summed E-state index contributed by atoms with van der Waals surface area (Å²) in [6, 6.07) is 8.81. The molecule has 3 heteroatoms. The highest BCUT2D eigenvalue weighted by atomic mass is 16.3. The second kappa shape index (κ2) is 7.52. The highest BCUT2D eigenvalue weighted by Crippen LogP contribution is 2.19. The molecular weight excluding hydrogens is 224 g/mol. The average molecular weight is 250 g/mol. The van der Waals surface area contributed by atoms with Crippen LogP contribution in [0.4, 0.5) is 0 Å². The fourth-order valence-electron chi connectivity index (χ4n) is 2.12. The summed E-state index contributed by atoms with van der Waals surface area (Å²) in [6.45, 7) is 7.06. The van der Waals surface area contributed by atoms with E-state index in [0.717, 1.165) is 6.42 Å². The molecule has 3 atom stereocenters. The van der Waals surface area contributed by atoms with Crippen LogP contribution in [0.2, 0.25) is 0 Å². The van der Waals surface area contributed by atoms with E-state index in [0.29, 0.717) is 6.54 Å². The Hall–Kier alpha value is -0.900. The first kappa shape index (κ1) is 15.2. The maximum atomic E-state index is 9.19. The monoisotopic (exact) mass is 250 g/mol. The second-order valence-electron chi connectivity index (χ2n) is 4.96. The van der Waals surface area contributed by atoms with Crippen molar-refractivity contribution < 1.29 is 5.11 Å². The normalized spacial score (nSPS) is 16.3. The third-order valence-corrected chi connectivity index (χ3v) is 3.65. The third kappa shape index (κ3) is 3.80. The second-order valence-corrected chi connectivity index (χ2v) is 4.96. The Bertz CT molecular complexity index is 354. The molecule has 0 fully saturated rings. The molecule has 102 valence electrons. The Labute approximate surface area is 110 Å². The van der Waals surface area contributed by atoms with E-state index in [1.165, 1.54) is 11.1 Å². The molecule has 0 saturated heterocycles. The average Bonchev–Trinajstić information content (AvgIpc) is 2.43. The minimum Gasteiger partial charge on any atom is -0.396 e. The minimum atomic E-state index is 0.158. The number of aliphatic hydroxyl groups is 1. The summed E-state index contributed by atoms with van der Waals surface area (Å²) in [5, 5.41) is 12.7. The van der Waals surface area contributed by atoms with Crippen molar-refractivity contribution in [2.45, 2.75) is 39.3 Å². The van der Waals surface area contributed by atoms with Crippen LogP contribution >= 0.6 is 0 Å². The Kier molecular flexibility index (Phi) is 6.33. The molecule has 4 N–H and O–H groups in total. The molecule has 0 amide bonds. The van der Waals surface area contributed by atoms with Crippen molar-refractivity contribution in [2.24, 2.45) is 11.7 Å². The molecule has 1 aromatic rings. The minimum absolute atomic E-state index is 0.158. The van der Waals surface area contributed by atoms with E-state index in [1.54, 1.807) is 0 Å². The first-order valence-electron chi connectivity index (χ1n) is 6.78. The lowest BCUT2D eigenvalue weighted by Gasteiger charge is -2.27. The molecule has 0 saturated carbocycles. The quantitative estimate of drug-likeness (QED) is 0.692. The molecule has 0 aliphatic rings. The fourth-order valence-corrected chi connectivity index (χ4v) is 2.12. The van der Waals surface area contributed by atoms with Crippen molar-refractivity contribution in [1.29, 1.82) is 0 Å². The Morgan fingerprint density at radius 1 is 1.28 bits per heavy atom. The van der Waals surface area contributed by atoms with E-state index >= 15 is 0 Å². The van der Waals surface area contributed by atoms with E-state index in [2.05, 4.69) is 43.4 Å². The summed E-state index contributed by atoms with van der Waals surface area (Å²) in [7, 11) is 0. The van der Waals surface area contributed by atoms with Gasteiger partial charge in [0.05, 0.1) is 0 Å². The van der Waals surface area contributed by atoms with Crippen LogP contribution < -0.4 is 11.1 Å². The summed E-state index contributed by atoms with van der Waals surface area (Å²) in [5.41, 5.74) is 8.51. The van der Waals surface area contributed by atoms with Gasteiger partial charge >= 0.3 is 0 Å². The zero-order chi connectivity index (χ0) is 13.5. The van der Waals surface area contributed by atoms with Gasteiger partial charge in [0.25, 0.3) is 0 Å². The van der Waals surface area contributed by atoms with Gasteiger partial charge in [0.1, 0.15) is 0 Å². The highest BCUT2D eigenvalue weighted by Gasteiger charge is 2.18. The zero-order valence-corrected chi connectivity index (χ0v) is 11.7. The predicted molar refractivity (Wildman–Crippen MR) is 76.5 cm³/mol. The van der Waals surface area contributed by atoms with Gasteiger partial charge in [-0.15, -0.1) is 0 Å². The van der Waals surface area contributed by atoms with Gasteiger partial charge in [-0.2, -0.15) is 0 Å². The molecule has 18 heavy (non-hydrogen) atoms. The molecular formula is C15H26N2O. The summed E-state index contributed by atoms with van der Waals surface area (Å²) in [6.07, 6.45) is 1.01. The third-order valence-electron chi connectivity index (χ3n) is 3.65. The predicted octanol–water partition coefficient (Wildman–Crippen LogP) is 1.86. The first-order chi connectivity index (χ1) is 8.63. The van der Waals surface area contributed by atoms with E-state index in [1.807, 2.05) is 6.92 Å². The van der Waals surface area contributed by atoms with Gasteiger partial charge in [0, 0.05) is 25.2 Å². The number of rotatable bonds is 7. The van der Waals surface area contributed by atoms with Crippen LogP contribution in [0.3, 0.4) is 0 Å². The number of aryl methyl sites for hydroxylation is 1. The number of hydrogen-bond acceptors (Lipinski definition) is 3. The lowest BCUT2D eigenvalue weighted by Crippen LogP contribution is -2.40. The molecule has 0 bridgehead atoms. The van der Waals surface area contributed by atoms with Gasteiger partial charge in [0.2, 0.25) is 0 Å². The largest absolute Gasteiger partial charge is 0.396 e. The molecule has 1 rings (SSSR count).